The molecule has 0 fully saturated rings. The summed E-state index contributed by atoms with van der Waals surface area (Å²) in [6, 6.07) is 0. The Labute approximate surface area is 96.6 Å². The zero-order valence-corrected chi connectivity index (χ0v) is 10.9. The average Bonchev–Trinajstić information content (AvgIpc) is 2.22. The first-order valence-corrected chi connectivity index (χ1v) is 6.83. The quantitative estimate of drug-likeness (QED) is 0.477. The minimum Gasteiger partial charge on any atom is -0.305 e. The molecule has 5 heteroatoms. The molecule has 0 unspecified atom stereocenters. The van der Waals surface area contributed by atoms with Crippen molar-refractivity contribution in [2.24, 2.45) is 0 Å². The van der Waals surface area contributed by atoms with Gasteiger partial charge in [-0.25, -0.2) is 0 Å². The molecule has 15 heavy (non-hydrogen) atoms. The lowest BCUT2D eigenvalue weighted by atomic mass is 10.5. The molecule has 0 aromatic rings. The van der Waals surface area contributed by atoms with Crippen LogP contribution in [0.1, 0.15) is 26.7 Å². The fourth-order valence-corrected chi connectivity index (χ4v) is 2.60. The van der Waals surface area contributed by atoms with Gasteiger partial charge in [0.1, 0.15) is 0 Å². The summed E-state index contributed by atoms with van der Waals surface area (Å²) in [5.74, 6) is 0. The van der Waals surface area contributed by atoms with E-state index in [0.717, 1.165) is 12.8 Å². The molecule has 0 amide bonds. The van der Waals surface area contributed by atoms with Crippen molar-refractivity contribution in [1.29, 1.82) is 0 Å². The van der Waals surface area contributed by atoms with E-state index in [0.29, 0.717) is 13.2 Å². The molecule has 0 aliphatic heterocycles. The van der Waals surface area contributed by atoms with Gasteiger partial charge in [0.2, 0.25) is 0 Å². The Morgan fingerprint density at radius 2 is 1.60 bits per heavy atom. The molecule has 0 saturated carbocycles. The molecule has 0 aliphatic rings. The normalized spacial score (nSPS) is 11.4. The zero-order chi connectivity index (χ0) is 11.9. The molecular weight excluding hydrogens is 235 g/mol. The van der Waals surface area contributed by atoms with Crippen molar-refractivity contribution in [1.82, 2.24) is 0 Å². The van der Waals surface area contributed by atoms with Crippen molar-refractivity contribution >= 4 is 19.2 Å². The van der Waals surface area contributed by atoms with Gasteiger partial charge in [0.15, 0.2) is 0 Å². The summed E-state index contributed by atoms with van der Waals surface area (Å²) in [4.78, 5) is 0. The van der Waals surface area contributed by atoms with E-state index in [1.54, 1.807) is 0 Å². The van der Waals surface area contributed by atoms with Crippen molar-refractivity contribution < 1.29 is 13.6 Å². The molecule has 0 spiro atoms. The van der Waals surface area contributed by atoms with Crippen molar-refractivity contribution in [3.05, 3.63) is 23.5 Å². The van der Waals surface area contributed by atoms with Gasteiger partial charge in [0, 0.05) is 5.03 Å². The topological polar surface area (TPSA) is 35.5 Å². The van der Waals surface area contributed by atoms with Crippen LogP contribution in [0.2, 0.25) is 0 Å². The van der Waals surface area contributed by atoms with Crippen LogP contribution in [0.25, 0.3) is 0 Å². The van der Waals surface area contributed by atoms with Gasteiger partial charge in [-0.2, -0.15) is 0 Å². The number of hydrogen-bond acceptors (Lipinski definition) is 3. The van der Waals surface area contributed by atoms with Gasteiger partial charge in [-0.3, -0.25) is 4.57 Å². The van der Waals surface area contributed by atoms with Crippen LogP contribution in [0.4, 0.5) is 0 Å². The monoisotopic (exact) mass is 252 g/mol. The van der Waals surface area contributed by atoms with Crippen LogP contribution < -0.4 is 0 Å². The van der Waals surface area contributed by atoms with E-state index in [-0.39, 0.29) is 10.3 Å². The maximum Gasteiger partial charge on any atom is 0.362 e. The number of allylic oxidation sites excluding steroid dienone is 2. The summed E-state index contributed by atoms with van der Waals surface area (Å²) in [5.41, 5.74) is 0. The molecule has 0 aromatic heterocycles. The molecule has 0 aliphatic carbocycles. The van der Waals surface area contributed by atoms with Crippen LogP contribution in [0.3, 0.4) is 0 Å². The largest absolute Gasteiger partial charge is 0.362 e. The number of halogens is 1. The Bertz CT molecular complexity index is 264. The molecule has 0 radical (unpaired) electrons. The second kappa shape index (κ2) is 7.24. The molecule has 0 bridgehead atoms. The van der Waals surface area contributed by atoms with Crippen LogP contribution >= 0.6 is 19.2 Å². The van der Waals surface area contributed by atoms with E-state index >= 15 is 0 Å². The van der Waals surface area contributed by atoms with Gasteiger partial charge >= 0.3 is 7.60 Å². The summed E-state index contributed by atoms with van der Waals surface area (Å²) >= 11 is 5.64. The maximum atomic E-state index is 12.2. The minimum absolute atomic E-state index is 0.116. The summed E-state index contributed by atoms with van der Waals surface area (Å²) in [6.07, 6.45) is 1.50. The highest BCUT2D eigenvalue weighted by atomic mass is 35.5. The molecule has 0 heterocycles. The van der Waals surface area contributed by atoms with Gasteiger partial charge in [-0.05, 0) is 12.8 Å². The summed E-state index contributed by atoms with van der Waals surface area (Å²) < 4.78 is 22.6. The predicted molar refractivity (Wildman–Crippen MR) is 64.2 cm³/mol. The first kappa shape index (κ1) is 14.9. The van der Waals surface area contributed by atoms with E-state index in [1.807, 2.05) is 13.8 Å². The summed E-state index contributed by atoms with van der Waals surface area (Å²) in [6.45, 7) is 11.6. The molecule has 88 valence electrons. The zero-order valence-electron chi connectivity index (χ0n) is 9.29. The van der Waals surface area contributed by atoms with E-state index in [4.69, 9.17) is 20.6 Å². The molecule has 0 N–H and O–H groups in total. The van der Waals surface area contributed by atoms with Crippen molar-refractivity contribution in [2.45, 2.75) is 26.7 Å². The first-order valence-electron chi connectivity index (χ1n) is 4.91. The Balaban J connectivity index is 4.61. The number of hydrogen-bond donors (Lipinski definition) is 0. The molecule has 0 rings (SSSR count). The lowest BCUT2D eigenvalue weighted by Crippen LogP contribution is -2.00. The highest BCUT2D eigenvalue weighted by Crippen LogP contribution is 2.58. The Morgan fingerprint density at radius 3 is 1.87 bits per heavy atom. The van der Waals surface area contributed by atoms with Crippen molar-refractivity contribution in [2.75, 3.05) is 13.2 Å². The third-order valence-electron chi connectivity index (χ3n) is 1.57. The van der Waals surface area contributed by atoms with Gasteiger partial charge < -0.3 is 9.05 Å². The van der Waals surface area contributed by atoms with E-state index in [1.165, 1.54) is 0 Å². The van der Waals surface area contributed by atoms with Crippen LogP contribution in [-0.4, -0.2) is 13.2 Å². The third-order valence-corrected chi connectivity index (χ3v) is 3.91. The second-order valence-electron chi connectivity index (χ2n) is 3.02. The fraction of sp³-hybridized carbons (Fsp3) is 0.600. The molecule has 3 nitrogen and oxygen atoms in total. The average molecular weight is 253 g/mol. The van der Waals surface area contributed by atoms with Crippen LogP contribution in [0, 0.1) is 0 Å². The minimum atomic E-state index is -3.33. The van der Waals surface area contributed by atoms with E-state index in [9.17, 15) is 4.57 Å². The second-order valence-corrected chi connectivity index (χ2v) is 5.52. The molecular formula is C10H18ClO3P. The summed E-state index contributed by atoms with van der Waals surface area (Å²) in [7, 11) is -3.33. The van der Waals surface area contributed by atoms with E-state index < -0.39 is 7.60 Å². The standard InChI is InChI=1S/C10H18ClO3P/c1-5-7-13-15(12,14-8-6-2)10(4)9(3)11/h3-8H2,1-2H3. The van der Waals surface area contributed by atoms with Crippen molar-refractivity contribution in [3.63, 3.8) is 0 Å². The van der Waals surface area contributed by atoms with Crippen molar-refractivity contribution in [3.8, 4) is 0 Å². The van der Waals surface area contributed by atoms with E-state index in [2.05, 4.69) is 13.2 Å². The first-order chi connectivity index (χ1) is 6.98. The lowest BCUT2D eigenvalue weighted by molar-refractivity contribution is 0.211. The fourth-order valence-electron chi connectivity index (χ4n) is 0.765. The Morgan fingerprint density at radius 1 is 1.20 bits per heavy atom. The lowest BCUT2D eigenvalue weighted by Gasteiger charge is -2.19. The smallest absolute Gasteiger partial charge is 0.305 e. The highest BCUT2D eigenvalue weighted by molar-refractivity contribution is 7.59. The van der Waals surface area contributed by atoms with Crippen LogP contribution in [-0.2, 0) is 13.6 Å². The maximum absolute atomic E-state index is 12.2. The molecule has 0 atom stereocenters. The van der Waals surface area contributed by atoms with Gasteiger partial charge in [0.05, 0.1) is 18.5 Å². The highest BCUT2D eigenvalue weighted by Gasteiger charge is 2.29. The van der Waals surface area contributed by atoms with Crippen LogP contribution in [0.5, 0.6) is 0 Å². The Hall–Kier alpha value is -0.0800. The summed E-state index contributed by atoms with van der Waals surface area (Å²) in [5, 5.41) is 0.261. The van der Waals surface area contributed by atoms with Gasteiger partial charge in [0.25, 0.3) is 0 Å². The third kappa shape index (κ3) is 4.98. The van der Waals surface area contributed by atoms with Gasteiger partial charge in [-0.1, -0.05) is 38.6 Å². The van der Waals surface area contributed by atoms with Crippen LogP contribution in [0.15, 0.2) is 23.5 Å². The number of rotatable bonds is 8. The SMILES string of the molecule is C=C(Cl)C(=C)P(=O)(OCCC)OCCC. The van der Waals surface area contributed by atoms with Gasteiger partial charge in [-0.15, -0.1) is 0 Å². The predicted octanol–water partition coefficient (Wildman–Crippen LogP) is 4.30. The Kier molecular flexibility index (Phi) is 7.20. The molecule has 0 saturated heterocycles. The molecule has 0 aromatic carbocycles.